The van der Waals surface area contributed by atoms with Crippen molar-refractivity contribution in [2.24, 2.45) is 5.92 Å². The van der Waals surface area contributed by atoms with Gasteiger partial charge in [0.1, 0.15) is 6.54 Å². The van der Waals surface area contributed by atoms with Crippen molar-refractivity contribution >= 4 is 27.9 Å². The lowest BCUT2D eigenvalue weighted by Gasteiger charge is -2.28. The molecule has 0 saturated heterocycles. The number of rotatable bonds is 9. The molecule has 0 amide bonds. The summed E-state index contributed by atoms with van der Waals surface area (Å²) >= 11 is 0. The van der Waals surface area contributed by atoms with Crippen LogP contribution in [0.5, 0.6) is 0 Å². The second kappa shape index (κ2) is 11.9. The topological polar surface area (TPSA) is 6.25 Å². The molecule has 2 aliphatic heterocycles. The highest BCUT2D eigenvalue weighted by Crippen LogP contribution is 2.52. The molecule has 6 rings (SSSR count). The predicted octanol–water partition coefficient (Wildman–Crippen LogP) is 10.7. The highest BCUT2D eigenvalue weighted by atomic mass is 15.2. The monoisotopic (exact) mass is 571 g/mol. The van der Waals surface area contributed by atoms with Gasteiger partial charge in [0.05, 0.1) is 5.41 Å². The Hall–Kier alpha value is -3.39. The second-order valence-corrected chi connectivity index (χ2v) is 14.1. The van der Waals surface area contributed by atoms with E-state index in [1.807, 2.05) is 0 Å². The molecule has 1 aliphatic carbocycles. The molecule has 2 heterocycles. The highest BCUT2D eigenvalue weighted by molar-refractivity contribution is 6.03. The molecular weight excluding hydrogens is 520 g/mol. The Bertz CT molecular complexity index is 1620. The summed E-state index contributed by atoms with van der Waals surface area (Å²) in [6.07, 6.45) is 22.5. The zero-order valence-electron chi connectivity index (χ0n) is 27.4. The summed E-state index contributed by atoms with van der Waals surface area (Å²) in [5, 5.41) is 2.69. The normalized spacial score (nSPS) is 22.7. The second-order valence-electron chi connectivity index (χ2n) is 14.1. The van der Waals surface area contributed by atoms with Crippen LogP contribution in [0.3, 0.4) is 0 Å². The summed E-state index contributed by atoms with van der Waals surface area (Å²) in [7, 11) is 2.25. The number of anilines is 1. The zero-order valence-corrected chi connectivity index (χ0v) is 27.4. The van der Waals surface area contributed by atoms with Crippen molar-refractivity contribution in [3.05, 3.63) is 107 Å². The van der Waals surface area contributed by atoms with Gasteiger partial charge in [0.25, 0.3) is 0 Å². The molecule has 3 aromatic rings. The van der Waals surface area contributed by atoms with E-state index in [1.165, 1.54) is 95.2 Å². The Morgan fingerprint density at radius 2 is 1.77 bits per heavy atom. The first-order valence-electron chi connectivity index (χ1n) is 16.8. The van der Waals surface area contributed by atoms with E-state index < -0.39 is 0 Å². The standard InChI is InChI=1S/C41H51N2/c1-7-8-27-41(5)38(42(6)36-26-24-32-19-11-12-20-33(32)39(36)41)22-15-21-37-40(3,4)34-29-30(2)23-25-35(34)43(37)28-14-13-18-31-16-9-10-17-31/h7-8,11-12,15,19-26,29,31H,9-10,13-14,16-18,27-28H2,1-6H3/q+1. The molecule has 1 saturated carbocycles. The number of likely N-dealkylation sites (N-methyl/N-ethyl adjacent to an activating group) is 1. The van der Waals surface area contributed by atoms with Crippen LogP contribution in [-0.2, 0) is 10.8 Å². The van der Waals surface area contributed by atoms with E-state index in [2.05, 4.69) is 136 Å². The van der Waals surface area contributed by atoms with Crippen LogP contribution >= 0.6 is 0 Å². The average Bonchev–Trinajstić information content (AvgIpc) is 3.65. The fraction of sp³-hybridized carbons (Fsp3) is 0.439. The van der Waals surface area contributed by atoms with Crippen LogP contribution in [0.2, 0.25) is 0 Å². The van der Waals surface area contributed by atoms with E-state index in [4.69, 9.17) is 0 Å². The SMILES string of the molecule is CC=CCC1(C)C(=CC=CC2=[N+](CCCCC3CCCC3)c3ccc(C)cc3C2(C)C)N(C)c2ccc3ccccc3c21. The molecule has 224 valence electrons. The summed E-state index contributed by atoms with van der Waals surface area (Å²) in [6, 6.07) is 20.5. The third-order valence-electron chi connectivity index (χ3n) is 10.8. The summed E-state index contributed by atoms with van der Waals surface area (Å²) < 4.78 is 2.64. The van der Waals surface area contributed by atoms with Gasteiger partial charge in [-0.15, -0.1) is 0 Å². The Morgan fingerprint density at radius 1 is 0.977 bits per heavy atom. The lowest BCUT2D eigenvalue weighted by atomic mass is 9.76. The van der Waals surface area contributed by atoms with Gasteiger partial charge in [0.2, 0.25) is 5.69 Å². The van der Waals surface area contributed by atoms with E-state index >= 15 is 0 Å². The molecule has 0 bridgehead atoms. The van der Waals surface area contributed by atoms with Crippen LogP contribution in [0.25, 0.3) is 10.8 Å². The molecule has 2 heteroatoms. The van der Waals surface area contributed by atoms with Crippen LogP contribution in [0.4, 0.5) is 11.4 Å². The number of aryl methyl sites for hydroxylation is 1. The zero-order chi connectivity index (χ0) is 30.2. The maximum atomic E-state index is 2.64. The maximum absolute atomic E-state index is 2.64. The molecule has 0 aromatic heterocycles. The lowest BCUT2D eigenvalue weighted by molar-refractivity contribution is -0.438. The lowest BCUT2D eigenvalue weighted by Crippen LogP contribution is -2.28. The summed E-state index contributed by atoms with van der Waals surface area (Å²) in [5.74, 6) is 0.974. The van der Waals surface area contributed by atoms with Crippen molar-refractivity contribution in [1.29, 1.82) is 0 Å². The van der Waals surface area contributed by atoms with E-state index in [0.29, 0.717) is 0 Å². The Kier molecular flexibility index (Phi) is 8.24. The molecular formula is C41H51N2+. The minimum Gasteiger partial charge on any atom is -0.347 e. The quantitative estimate of drug-likeness (QED) is 0.141. The average molecular weight is 572 g/mol. The number of unbranched alkanes of at least 4 members (excludes halogenated alkanes) is 1. The number of allylic oxidation sites excluding steroid dienone is 6. The van der Waals surface area contributed by atoms with Crippen molar-refractivity contribution in [1.82, 2.24) is 0 Å². The van der Waals surface area contributed by atoms with Crippen LogP contribution < -0.4 is 4.90 Å². The predicted molar refractivity (Wildman–Crippen MR) is 186 cm³/mol. The molecule has 0 radical (unpaired) electrons. The molecule has 1 fully saturated rings. The van der Waals surface area contributed by atoms with E-state index in [-0.39, 0.29) is 10.8 Å². The third kappa shape index (κ3) is 5.32. The minimum atomic E-state index is -0.0995. The van der Waals surface area contributed by atoms with Crippen LogP contribution in [-0.4, -0.2) is 23.9 Å². The van der Waals surface area contributed by atoms with E-state index in [9.17, 15) is 0 Å². The molecule has 1 unspecified atom stereocenters. The summed E-state index contributed by atoms with van der Waals surface area (Å²) in [6.45, 7) is 12.7. The number of nitrogens with zero attached hydrogens (tertiary/aromatic N) is 2. The van der Waals surface area contributed by atoms with Crippen molar-refractivity contribution in [2.45, 2.75) is 96.8 Å². The molecule has 0 N–H and O–H groups in total. The van der Waals surface area contributed by atoms with Gasteiger partial charge in [0.15, 0.2) is 5.71 Å². The van der Waals surface area contributed by atoms with Gasteiger partial charge in [-0.2, -0.15) is 4.58 Å². The first-order valence-corrected chi connectivity index (χ1v) is 16.8. The van der Waals surface area contributed by atoms with Crippen LogP contribution in [0.1, 0.15) is 95.8 Å². The molecule has 1 atom stereocenters. The largest absolute Gasteiger partial charge is 0.347 e. The molecule has 2 nitrogen and oxygen atoms in total. The van der Waals surface area contributed by atoms with Crippen molar-refractivity contribution in [3.8, 4) is 0 Å². The Morgan fingerprint density at radius 3 is 2.56 bits per heavy atom. The van der Waals surface area contributed by atoms with Crippen molar-refractivity contribution in [3.63, 3.8) is 0 Å². The van der Waals surface area contributed by atoms with Gasteiger partial charge in [0, 0.05) is 48.0 Å². The number of hydrogen-bond donors (Lipinski definition) is 0. The van der Waals surface area contributed by atoms with Gasteiger partial charge in [-0.3, -0.25) is 0 Å². The molecule has 43 heavy (non-hydrogen) atoms. The van der Waals surface area contributed by atoms with E-state index in [1.54, 1.807) is 0 Å². The summed E-state index contributed by atoms with van der Waals surface area (Å²) in [5.41, 5.74) is 9.64. The third-order valence-corrected chi connectivity index (χ3v) is 10.8. The van der Waals surface area contributed by atoms with Gasteiger partial charge in [-0.25, -0.2) is 0 Å². The first-order chi connectivity index (χ1) is 20.8. The molecule has 0 spiro atoms. The smallest absolute Gasteiger partial charge is 0.209 e. The maximum Gasteiger partial charge on any atom is 0.209 e. The summed E-state index contributed by atoms with van der Waals surface area (Å²) in [4.78, 5) is 2.43. The highest BCUT2D eigenvalue weighted by Gasteiger charge is 2.45. The Labute approximate surface area is 260 Å². The molecule has 3 aromatic carbocycles. The number of benzene rings is 3. The van der Waals surface area contributed by atoms with Gasteiger partial charge in [-0.05, 0) is 87.9 Å². The van der Waals surface area contributed by atoms with Gasteiger partial charge < -0.3 is 4.90 Å². The van der Waals surface area contributed by atoms with Gasteiger partial charge in [-0.1, -0.05) is 92.3 Å². The fourth-order valence-electron chi connectivity index (χ4n) is 8.37. The van der Waals surface area contributed by atoms with Crippen molar-refractivity contribution < 1.29 is 4.58 Å². The fourth-order valence-corrected chi connectivity index (χ4v) is 8.37. The van der Waals surface area contributed by atoms with Crippen molar-refractivity contribution in [2.75, 3.05) is 18.5 Å². The molecule has 3 aliphatic rings. The van der Waals surface area contributed by atoms with Crippen LogP contribution in [0.15, 0.2) is 90.7 Å². The number of fused-ring (bicyclic) bond motifs is 4. The first kappa shape index (κ1) is 29.7. The van der Waals surface area contributed by atoms with Crippen LogP contribution in [0, 0.1) is 12.8 Å². The minimum absolute atomic E-state index is 0.0309. The Balaban J connectivity index is 1.36. The van der Waals surface area contributed by atoms with E-state index in [0.717, 1.165) is 18.9 Å². The van der Waals surface area contributed by atoms with Gasteiger partial charge >= 0.3 is 0 Å². The number of hydrogen-bond acceptors (Lipinski definition) is 1.